The zero-order valence-electron chi connectivity index (χ0n) is 9.70. The van der Waals surface area contributed by atoms with Crippen molar-refractivity contribution in [2.75, 3.05) is 32.7 Å². The van der Waals surface area contributed by atoms with Crippen molar-refractivity contribution in [3.63, 3.8) is 0 Å². The Morgan fingerprint density at radius 3 is 2.18 bits per heavy atom. The van der Waals surface area contributed by atoms with Gasteiger partial charge in [-0.1, -0.05) is 0 Å². The van der Waals surface area contributed by atoms with Gasteiger partial charge in [-0.3, -0.25) is 14.4 Å². The number of nitrogens with two attached hydrogens (primary N) is 1. The van der Waals surface area contributed by atoms with Gasteiger partial charge in [-0.25, -0.2) is 0 Å². The predicted molar refractivity (Wildman–Crippen MR) is 60.9 cm³/mol. The van der Waals surface area contributed by atoms with Crippen LogP contribution in [-0.2, 0) is 14.4 Å². The van der Waals surface area contributed by atoms with Crippen molar-refractivity contribution in [2.45, 2.75) is 12.8 Å². The van der Waals surface area contributed by atoms with Crippen LogP contribution in [0.1, 0.15) is 12.8 Å². The molecule has 1 fully saturated rings. The van der Waals surface area contributed by atoms with Gasteiger partial charge in [0.25, 0.3) is 0 Å². The lowest BCUT2D eigenvalue weighted by atomic mass is 10.4. The topological polar surface area (TPSA) is 105 Å². The number of nitrogens with one attached hydrogen (secondary N) is 2. The smallest absolute Gasteiger partial charge is 0.241 e. The van der Waals surface area contributed by atoms with Crippen molar-refractivity contribution in [1.82, 2.24) is 15.5 Å². The minimum Gasteiger partial charge on any atom is -0.346 e. The fourth-order valence-electron chi connectivity index (χ4n) is 1.57. The second-order valence-corrected chi connectivity index (χ2v) is 3.85. The third-order valence-corrected chi connectivity index (χ3v) is 2.53. The number of carbonyl (C=O) groups excluding carboxylic acids is 3. The van der Waals surface area contributed by atoms with E-state index in [9.17, 15) is 14.4 Å². The number of carbonyl (C=O) groups is 3. The van der Waals surface area contributed by atoms with Crippen LogP contribution in [0, 0.1) is 0 Å². The summed E-state index contributed by atoms with van der Waals surface area (Å²) in [5.74, 6) is -0.869. The quantitative estimate of drug-likeness (QED) is 0.509. The second-order valence-electron chi connectivity index (χ2n) is 3.85. The zero-order chi connectivity index (χ0) is 12.7. The average molecular weight is 242 g/mol. The molecule has 1 aliphatic heterocycles. The summed E-state index contributed by atoms with van der Waals surface area (Å²) in [7, 11) is 0. The van der Waals surface area contributed by atoms with Crippen LogP contribution in [-0.4, -0.2) is 55.3 Å². The van der Waals surface area contributed by atoms with Crippen molar-refractivity contribution in [1.29, 1.82) is 0 Å². The Labute approximate surface area is 99.7 Å². The van der Waals surface area contributed by atoms with Crippen LogP contribution in [0.2, 0.25) is 0 Å². The van der Waals surface area contributed by atoms with Crippen LogP contribution in [0.4, 0.5) is 0 Å². The molecule has 0 radical (unpaired) electrons. The summed E-state index contributed by atoms with van der Waals surface area (Å²) in [5, 5.41) is 4.78. The molecule has 0 unspecified atom stereocenters. The molecule has 1 heterocycles. The number of nitrogens with zero attached hydrogens (tertiary/aromatic N) is 1. The summed E-state index contributed by atoms with van der Waals surface area (Å²) in [6.07, 6.45) is 2.04. The summed E-state index contributed by atoms with van der Waals surface area (Å²) >= 11 is 0. The number of likely N-dealkylation sites (tertiary alicyclic amines) is 1. The van der Waals surface area contributed by atoms with Crippen LogP contribution >= 0.6 is 0 Å². The van der Waals surface area contributed by atoms with E-state index in [0.717, 1.165) is 25.9 Å². The lowest BCUT2D eigenvalue weighted by molar-refractivity contribution is -0.132. The SMILES string of the molecule is NCC(=O)NCC(=O)NCC(=O)N1CCCC1. The van der Waals surface area contributed by atoms with Gasteiger partial charge in [-0.15, -0.1) is 0 Å². The molecule has 0 aromatic carbocycles. The molecule has 4 N–H and O–H groups in total. The van der Waals surface area contributed by atoms with Gasteiger partial charge in [0.15, 0.2) is 0 Å². The van der Waals surface area contributed by atoms with Crippen LogP contribution in [0.3, 0.4) is 0 Å². The maximum atomic E-state index is 11.5. The molecule has 1 aliphatic rings. The molecule has 0 atom stereocenters. The molecule has 0 aromatic heterocycles. The molecule has 0 aromatic rings. The maximum absolute atomic E-state index is 11.5. The highest BCUT2D eigenvalue weighted by atomic mass is 16.2. The molecule has 0 spiro atoms. The van der Waals surface area contributed by atoms with E-state index >= 15 is 0 Å². The molecule has 1 saturated heterocycles. The van der Waals surface area contributed by atoms with E-state index in [1.165, 1.54) is 0 Å². The standard InChI is InChI=1S/C10H18N4O3/c11-5-8(15)12-6-9(16)13-7-10(17)14-3-1-2-4-14/h1-7,11H2,(H,12,15)(H,13,16). The molecule has 0 bridgehead atoms. The van der Waals surface area contributed by atoms with Crippen molar-refractivity contribution in [2.24, 2.45) is 5.73 Å². The van der Waals surface area contributed by atoms with E-state index in [4.69, 9.17) is 5.73 Å². The number of amides is 3. The van der Waals surface area contributed by atoms with E-state index in [0.29, 0.717) is 0 Å². The third-order valence-electron chi connectivity index (χ3n) is 2.53. The number of hydrogen-bond acceptors (Lipinski definition) is 4. The van der Waals surface area contributed by atoms with E-state index in [1.807, 2.05) is 0 Å². The first-order valence-corrected chi connectivity index (χ1v) is 5.64. The molecule has 0 aliphatic carbocycles. The van der Waals surface area contributed by atoms with Crippen molar-refractivity contribution in [3.05, 3.63) is 0 Å². The van der Waals surface area contributed by atoms with Crippen molar-refractivity contribution < 1.29 is 14.4 Å². The molecular weight excluding hydrogens is 224 g/mol. The summed E-state index contributed by atoms with van der Waals surface area (Å²) in [6, 6.07) is 0. The van der Waals surface area contributed by atoms with E-state index in [2.05, 4.69) is 10.6 Å². The summed E-state index contributed by atoms with van der Waals surface area (Å²) < 4.78 is 0. The maximum Gasteiger partial charge on any atom is 0.241 e. The molecule has 7 heteroatoms. The summed E-state index contributed by atoms with van der Waals surface area (Å²) in [4.78, 5) is 35.3. The fourth-order valence-corrected chi connectivity index (χ4v) is 1.57. The lowest BCUT2D eigenvalue weighted by Gasteiger charge is -2.15. The average Bonchev–Trinajstić information content (AvgIpc) is 2.86. The van der Waals surface area contributed by atoms with Gasteiger partial charge in [0.2, 0.25) is 17.7 Å². The summed E-state index contributed by atoms with van der Waals surface area (Å²) in [5.41, 5.74) is 5.06. The molecule has 96 valence electrons. The van der Waals surface area contributed by atoms with Crippen LogP contribution in [0.5, 0.6) is 0 Å². The zero-order valence-corrected chi connectivity index (χ0v) is 9.70. The Morgan fingerprint density at radius 2 is 1.59 bits per heavy atom. The highest BCUT2D eigenvalue weighted by Crippen LogP contribution is 2.06. The molecule has 3 amide bonds. The lowest BCUT2D eigenvalue weighted by Crippen LogP contribution is -2.43. The number of hydrogen-bond donors (Lipinski definition) is 3. The van der Waals surface area contributed by atoms with Crippen molar-refractivity contribution in [3.8, 4) is 0 Å². The van der Waals surface area contributed by atoms with Crippen LogP contribution in [0.15, 0.2) is 0 Å². The largest absolute Gasteiger partial charge is 0.346 e. The van der Waals surface area contributed by atoms with E-state index < -0.39 is 5.91 Å². The first kappa shape index (κ1) is 13.4. The Balaban J connectivity index is 2.14. The van der Waals surface area contributed by atoms with Gasteiger partial charge < -0.3 is 21.3 Å². The third kappa shape index (κ3) is 4.81. The summed E-state index contributed by atoms with van der Waals surface area (Å²) in [6.45, 7) is 1.21. The van der Waals surface area contributed by atoms with Gasteiger partial charge in [-0.05, 0) is 12.8 Å². The monoisotopic (exact) mass is 242 g/mol. The Kier molecular flexibility index (Phi) is 5.41. The van der Waals surface area contributed by atoms with Gasteiger partial charge in [0.05, 0.1) is 19.6 Å². The van der Waals surface area contributed by atoms with Crippen LogP contribution in [0.25, 0.3) is 0 Å². The number of rotatable bonds is 5. The highest BCUT2D eigenvalue weighted by molar-refractivity contribution is 5.88. The normalized spacial score (nSPS) is 14.5. The Morgan fingerprint density at radius 1 is 1.00 bits per heavy atom. The minimum atomic E-state index is -0.397. The highest BCUT2D eigenvalue weighted by Gasteiger charge is 2.17. The fraction of sp³-hybridized carbons (Fsp3) is 0.700. The van der Waals surface area contributed by atoms with Gasteiger partial charge in [0.1, 0.15) is 0 Å². The molecule has 7 nitrogen and oxygen atoms in total. The minimum absolute atomic E-state index is 0.0165. The second kappa shape index (κ2) is 6.85. The van der Waals surface area contributed by atoms with E-state index in [-0.39, 0.29) is 31.4 Å². The Bertz CT molecular complexity index is 300. The van der Waals surface area contributed by atoms with Gasteiger partial charge in [0, 0.05) is 13.1 Å². The predicted octanol–water partition coefficient (Wildman–Crippen LogP) is -2.20. The Hall–Kier alpha value is -1.63. The first-order valence-electron chi connectivity index (χ1n) is 5.64. The molecule has 0 saturated carbocycles. The first-order chi connectivity index (χ1) is 8.13. The molecule has 17 heavy (non-hydrogen) atoms. The molecule has 1 rings (SSSR count). The molecular formula is C10H18N4O3. The van der Waals surface area contributed by atoms with Gasteiger partial charge >= 0.3 is 0 Å². The van der Waals surface area contributed by atoms with Crippen LogP contribution < -0.4 is 16.4 Å². The van der Waals surface area contributed by atoms with E-state index in [1.54, 1.807) is 4.90 Å². The van der Waals surface area contributed by atoms with Gasteiger partial charge in [-0.2, -0.15) is 0 Å². The van der Waals surface area contributed by atoms with Crippen molar-refractivity contribution >= 4 is 17.7 Å².